The van der Waals surface area contributed by atoms with E-state index in [1.54, 1.807) is 0 Å². The Hall–Kier alpha value is -0.310. The smallest absolute Gasteiger partial charge is 0.416 e. The van der Waals surface area contributed by atoms with Crippen LogP contribution in [0.3, 0.4) is 0 Å². The summed E-state index contributed by atoms with van der Waals surface area (Å²) >= 11 is 2.01. The molecule has 2 bridgehead atoms. The van der Waals surface area contributed by atoms with Crippen molar-refractivity contribution in [1.82, 2.24) is 0 Å². The number of hydrogen-bond donors (Lipinski definition) is 1. The fourth-order valence-corrected chi connectivity index (χ4v) is 4.01. The number of esters is 1. The number of carbonyl (C=O) groups excluding carboxylic acids is 1. The average Bonchev–Trinajstić information content (AvgIpc) is 2.95. The molecule has 0 spiro atoms. The van der Waals surface area contributed by atoms with Crippen LogP contribution < -0.4 is 0 Å². The van der Waals surface area contributed by atoms with E-state index in [1.807, 2.05) is 22.6 Å². The molecule has 0 aromatic rings. The van der Waals surface area contributed by atoms with E-state index in [4.69, 9.17) is 4.74 Å². The topological polar surface area (TPSA) is 46.5 Å². The molecule has 2 aliphatic rings. The van der Waals surface area contributed by atoms with Crippen LogP contribution in [-0.4, -0.2) is 33.4 Å². The van der Waals surface area contributed by atoms with E-state index in [-0.39, 0.29) is 30.3 Å². The Morgan fingerprint density at radius 1 is 1.36 bits per heavy atom. The van der Waals surface area contributed by atoms with Gasteiger partial charge in [-0.05, 0) is 50.4 Å². The minimum absolute atomic E-state index is 0.0928. The first-order valence-electron chi connectivity index (χ1n) is 7.29. The number of alkyl halides is 4. The molecular weight excluding hydrogens is 412 g/mol. The fraction of sp³-hybridized carbons (Fsp3) is 0.800. The van der Waals surface area contributed by atoms with Crippen molar-refractivity contribution in [2.75, 3.05) is 4.43 Å². The molecule has 2 rings (SSSR count). The summed E-state index contributed by atoms with van der Waals surface area (Å²) < 4.78 is 44.4. The molecule has 126 valence electrons. The maximum atomic E-state index is 12.8. The summed E-state index contributed by atoms with van der Waals surface area (Å²) in [5.41, 5.74) is -2.33. The van der Waals surface area contributed by atoms with Gasteiger partial charge in [-0.3, -0.25) is 0 Å². The number of hydrogen-bond acceptors (Lipinski definition) is 3. The van der Waals surface area contributed by atoms with E-state index in [0.717, 1.165) is 13.3 Å². The van der Waals surface area contributed by atoms with Crippen molar-refractivity contribution in [1.29, 1.82) is 0 Å². The van der Waals surface area contributed by atoms with Gasteiger partial charge in [0.15, 0.2) is 5.60 Å². The van der Waals surface area contributed by atoms with Crippen LogP contribution in [0, 0.1) is 17.8 Å². The first kappa shape index (κ1) is 18.0. The third-order valence-electron chi connectivity index (χ3n) is 4.87. The van der Waals surface area contributed by atoms with Crippen LogP contribution in [0.15, 0.2) is 12.2 Å². The van der Waals surface area contributed by atoms with Crippen LogP contribution in [0.5, 0.6) is 0 Å². The Bertz CT molecular complexity index is 461. The number of fused-ring (bicyclic) bond motifs is 2. The minimum Gasteiger partial charge on any atom is -0.459 e. The van der Waals surface area contributed by atoms with Crippen molar-refractivity contribution in [3.8, 4) is 0 Å². The molecule has 0 amide bonds. The maximum absolute atomic E-state index is 12.8. The summed E-state index contributed by atoms with van der Waals surface area (Å²) in [7, 11) is 0. The lowest BCUT2D eigenvalue weighted by Crippen LogP contribution is -2.45. The third kappa shape index (κ3) is 3.60. The van der Waals surface area contributed by atoms with Gasteiger partial charge in [-0.25, -0.2) is 4.79 Å². The molecule has 0 aromatic heterocycles. The molecule has 0 aromatic carbocycles. The first-order chi connectivity index (χ1) is 10.0. The number of aliphatic hydroxyl groups is 1. The monoisotopic (exact) mass is 432 g/mol. The molecule has 2 aliphatic carbocycles. The Labute approximate surface area is 141 Å². The molecule has 0 aliphatic heterocycles. The van der Waals surface area contributed by atoms with Gasteiger partial charge in [0.25, 0.3) is 0 Å². The molecule has 7 heteroatoms. The molecule has 0 heterocycles. The average molecular weight is 432 g/mol. The Balaban J connectivity index is 2.00. The van der Waals surface area contributed by atoms with Crippen molar-refractivity contribution in [3.05, 3.63) is 12.2 Å². The van der Waals surface area contributed by atoms with Crippen LogP contribution in [0.25, 0.3) is 0 Å². The van der Waals surface area contributed by atoms with Crippen molar-refractivity contribution in [3.63, 3.8) is 0 Å². The van der Waals surface area contributed by atoms with Crippen molar-refractivity contribution >= 4 is 28.6 Å². The molecule has 1 N–H and O–H groups in total. The van der Waals surface area contributed by atoms with Crippen molar-refractivity contribution < 1.29 is 27.8 Å². The standard InChI is InChI=1S/C15H20F3IO3/c1-8(7-19)13(20)22-12-5-9-3-10(11(12)4-9)6-14(2,21)15(16,17)18/h9-12,21H,1,3-7H2,2H3. The molecular formula is C15H20F3IO3. The zero-order valence-corrected chi connectivity index (χ0v) is 14.5. The molecule has 0 radical (unpaired) electrons. The second-order valence-electron chi connectivity index (χ2n) is 6.65. The summed E-state index contributed by atoms with van der Waals surface area (Å²) in [6.07, 6.45) is -3.18. The fourth-order valence-electron chi connectivity index (χ4n) is 3.70. The van der Waals surface area contributed by atoms with Gasteiger partial charge < -0.3 is 9.84 Å². The number of carbonyl (C=O) groups is 1. The lowest BCUT2D eigenvalue weighted by atomic mass is 9.79. The predicted octanol–water partition coefficient (Wildman–Crippen LogP) is 3.64. The van der Waals surface area contributed by atoms with Crippen LogP contribution in [0.1, 0.15) is 32.6 Å². The summed E-state index contributed by atoms with van der Waals surface area (Å²) in [6.45, 7) is 4.43. The van der Waals surface area contributed by atoms with Crippen LogP contribution in [-0.2, 0) is 9.53 Å². The SMILES string of the molecule is C=C(CI)C(=O)OC1CC2CC(CC(C)(O)C(F)(F)F)C1C2. The number of halogens is 4. The van der Waals surface area contributed by atoms with Crippen molar-refractivity contribution in [2.45, 2.75) is 50.5 Å². The lowest BCUT2D eigenvalue weighted by molar-refractivity contribution is -0.260. The highest BCUT2D eigenvalue weighted by molar-refractivity contribution is 14.1. The first-order valence-corrected chi connectivity index (χ1v) is 8.81. The van der Waals surface area contributed by atoms with E-state index in [0.29, 0.717) is 22.8 Å². The van der Waals surface area contributed by atoms with Gasteiger partial charge in [0.2, 0.25) is 0 Å². The lowest BCUT2D eigenvalue weighted by Gasteiger charge is -2.35. The molecule has 3 nitrogen and oxygen atoms in total. The predicted molar refractivity (Wildman–Crippen MR) is 83.5 cm³/mol. The summed E-state index contributed by atoms with van der Waals surface area (Å²) in [6, 6.07) is 0. The second kappa shape index (κ2) is 6.30. The third-order valence-corrected chi connectivity index (χ3v) is 5.79. The summed E-state index contributed by atoms with van der Waals surface area (Å²) in [5.74, 6) is -0.538. The van der Waals surface area contributed by atoms with E-state index >= 15 is 0 Å². The largest absolute Gasteiger partial charge is 0.459 e. The van der Waals surface area contributed by atoms with Gasteiger partial charge >= 0.3 is 12.1 Å². The molecule has 0 saturated heterocycles. The van der Waals surface area contributed by atoms with Gasteiger partial charge in [0, 0.05) is 10.0 Å². The minimum atomic E-state index is -4.64. The summed E-state index contributed by atoms with van der Waals surface area (Å²) in [4.78, 5) is 11.8. The molecule has 22 heavy (non-hydrogen) atoms. The van der Waals surface area contributed by atoms with Gasteiger partial charge in [0.05, 0.1) is 0 Å². The zero-order valence-electron chi connectivity index (χ0n) is 12.3. The quantitative estimate of drug-likeness (QED) is 0.313. The highest BCUT2D eigenvalue weighted by Gasteiger charge is 2.55. The van der Waals surface area contributed by atoms with E-state index in [2.05, 4.69) is 6.58 Å². The highest BCUT2D eigenvalue weighted by atomic mass is 127. The molecule has 5 atom stereocenters. The van der Waals surface area contributed by atoms with Crippen molar-refractivity contribution in [2.24, 2.45) is 17.8 Å². The normalized spacial score (nSPS) is 33.5. The number of rotatable bonds is 5. The molecule has 2 saturated carbocycles. The summed E-state index contributed by atoms with van der Waals surface area (Å²) in [5, 5.41) is 9.69. The van der Waals surface area contributed by atoms with Crippen LogP contribution in [0.2, 0.25) is 0 Å². The van der Waals surface area contributed by atoms with E-state index < -0.39 is 17.7 Å². The second-order valence-corrected chi connectivity index (χ2v) is 7.42. The Morgan fingerprint density at radius 2 is 2.00 bits per heavy atom. The van der Waals surface area contributed by atoms with E-state index in [1.165, 1.54) is 0 Å². The zero-order chi connectivity index (χ0) is 16.7. The van der Waals surface area contributed by atoms with E-state index in [9.17, 15) is 23.1 Å². The highest BCUT2D eigenvalue weighted by Crippen LogP contribution is 2.53. The van der Waals surface area contributed by atoms with Gasteiger partial charge in [-0.15, -0.1) is 0 Å². The Morgan fingerprint density at radius 3 is 2.50 bits per heavy atom. The number of ether oxygens (including phenoxy) is 1. The van der Waals surface area contributed by atoms with Gasteiger partial charge in [0.1, 0.15) is 6.10 Å². The van der Waals surface area contributed by atoms with Gasteiger partial charge in [-0.2, -0.15) is 13.2 Å². The van der Waals surface area contributed by atoms with Crippen LogP contribution in [0.4, 0.5) is 13.2 Å². The van der Waals surface area contributed by atoms with Crippen LogP contribution >= 0.6 is 22.6 Å². The van der Waals surface area contributed by atoms with Gasteiger partial charge in [-0.1, -0.05) is 29.2 Å². The molecule has 5 unspecified atom stereocenters. The Kier molecular flexibility index (Phi) is 5.16. The molecule has 2 fully saturated rings. The maximum Gasteiger partial charge on any atom is 0.416 e.